The molecule has 2 fully saturated rings. The van der Waals surface area contributed by atoms with Crippen LogP contribution in [0.4, 0.5) is 0 Å². The SMILES string of the molecule is CCS(=O)(=O)N1CCC(c2c[nH]c3ccc(-c4nc(CN5CCCC5)cs4)cc23)CC1. The van der Waals surface area contributed by atoms with E-state index in [1.54, 1.807) is 22.6 Å². The van der Waals surface area contributed by atoms with Gasteiger partial charge in [-0.2, -0.15) is 0 Å². The fraction of sp³-hybridized carbons (Fsp3) is 0.522. The Bertz CT molecular complexity index is 1150. The largest absolute Gasteiger partial charge is 0.361 e. The first kappa shape index (κ1) is 21.1. The van der Waals surface area contributed by atoms with E-state index in [2.05, 4.69) is 39.7 Å². The van der Waals surface area contributed by atoms with Gasteiger partial charge in [0.05, 0.1) is 11.4 Å². The van der Waals surface area contributed by atoms with Gasteiger partial charge in [0, 0.05) is 47.7 Å². The number of rotatable bonds is 6. The summed E-state index contributed by atoms with van der Waals surface area (Å²) in [4.78, 5) is 10.8. The van der Waals surface area contributed by atoms with Crippen molar-refractivity contribution in [1.29, 1.82) is 0 Å². The summed E-state index contributed by atoms with van der Waals surface area (Å²) < 4.78 is 26.0. The van der Waals surface area contributed by atoms with Crippen LogP contribution < -0.4 is 0 Å². The molecule has 5 rings (SSSR count). The smallest absolute Gasteiger partial charge is 0.213 e. The Hall–Kier alpha value is -1.74. The molecule has 2 aliphatic heterocycles. The van der Waals surface area contributed by atoms with E-state index in [1.165, 1.54) is 42.6 Å². The number of piperidine rings is 1. The summed E-state index contributed by atoms with van der Waals surface area (Å²) in [6.07, 6.45) is 6.45. The highest BCUT2D eigenvalue weighted by Gasteiger charge is 2.28. The van der Waals surface area contributed by atoms with Crippen molar-refractivity contribution in [2.24, 2.45) is 0 Å². The van der Waals surface area contributed by atoms with Gasteiger partial charge in [0.15, 0.2) is 0 Å². The van der Waals surface area contributed by atoms with Crippen LogP contribution in [-0.4, -0.2) is 59.5 Å². The number of H-pyrrole nitrogens is 1. The number of aromatic amines is 1. The molecule has 0 radical (unpaired) electrons. The molecule has 0 spiro atoms. The predicted octanol–water partition coefficient (Wildman–Crippen LogP) is 4.42. The lowest BCUT2D eigenvalue weighted by Crippen LogP contribution is -2.38. The summed E-state index contributed by atoms with van der Waals surface area (Å²) in [5.74, 6) is 0.566. The Kier molecular flexibility index (Phi) is 5.90. The topological polar surface area (TPSA) is 69.3 Å². The Morgan fingerprint density at radius 1 is 1.16 bits per heavy atom. The predicted molar refractivity (Wildman–Crippen MR) is 127 cm³/mol. The summed E-state index contributed by atoms with van der Waals surface area (Å²) in [5, 5.41) is 4.51. The van der Waals surface area contributed by atoms with E-state index in [1.807, 2.05) is 0 Å². The van der Waals surface area contributed by atoms with Crippen LogP contribution in [0, 0.1) is 0 Å². The second kappa shape index (κ2) is 8.65. The molecule has 0 amide bonds. The lowest BCUT2D eigenvalue weighted by molar-refractivity contribution is 0.321. The summed E-state index contributed by atoms with van der Waals surface area (Å²) in [6.45, 7) is 6.26. The van der Waals surface area contributed by atoms with Crippen molar-refractivity contribution in [3.63, 3.8) is 0 Å². The summed E-state index contributed by atoms with van der Waals surface area (Å²) in [5.41, 5.74) is 4.77. The first-order chi connectivity index (χ1) is 15.0. The molecule has 0 aliphatic carbocycles. The Balaban J connectivity index is 1.35. The molecule has 8 heteroatoms. The number of thiazole rings is 1. The number of sulfonamides is 1. The fourth-order valence-electron chi connectivity index (χ4n) is 4.92. The van der Waals surface area contributed by atoms with Crippen molar-refractivity contribution in [3.8, 4) is 10.6 Å². The van der Waals surface area contributed by atoms with Gasteiger partial charge >= 0.3 is 0 Å². The average Bonchev–Trinajstić information content (AvgIpc) is 3.55. The molecule has 0 atom stereocenters. The van der Waals surface area contributed by atoms with Gasteiger partial charge in [-0.3, -0.25) is 4.90 Å². The minimum absolute atomic E-state index is 0.182. The summed E-state index contributed by atoms with van der Waals surface area (Å²) >= 11 is 1.72. The van der Waals surface area contributed by atoms with E-state index < -0.39 is 10.0 Å². The van der Waals surface area contributed by atoms with Crippen molar-refractivity contribution in [2.75, 3.05) is 31.9 Å². The molecule has 2 aliphatic rings. The fourth-order valence-corrected chi connectivity index (χ4v) is 6.86. The summed E-state index contributed by atoms with van der Waals surface area (Å²) in [6, 6.07) is 6.55. The molecule has 0 saturated carbocycles. The second-order valence-electron chi connectivity index (χ2n) is 8.71. The molecule has 2 aromatic heterocycles. The highest BCUT2D eigenvalue weighted by atomic mass is 32.2. The molecule has 3 aromatic rings. The number of fused-ring (bicyclic) bond motifs is 1. The number of hydrogen-bond donors (Lipinski definition) is 1. The second-order valence-corrected chi connectivity index (χ2v) is 11.8. The van der Waals surface area contributed by atoms with Crippen LogP contribution in [-0.2, 0) is 16.6 Å². The first-order valence-corrected chi connectivity index (χ1v) is 13.8. The van der Waals surface area contributed by atoms with Crippen molar-refractivity contribution in [1.82, 2.24) is 19.2 Å². The van der Waals surface area contributed by atoms with Gasteiger partial charge < -0.3 is 4.98 Å². The molecule has 0 unspecified atom stereocenters. The molecule has 6 nitrogen and oxygen atoms in total. The number of nitrogens with zero attached hydrogens (tertiary/aromatic N) is 3. The molecule has 4 heterocycles. The zero-order valence-corrected chi connectivity index (χ0v) is 19.6. The van der Waals surface area contributed by atoms with Gasteiger partial charge in [-0.05, 0) is 75.4 Å². The van der Waals surface area contributed by atoms with E-state index in [4.69, 9.17) is 4.98 Å². The molecule has 1 aromatic carbocycles. The van der Waals surface area contributed by atoms with E-state index >= 15 is 0 Å². The standard InChI is InChI=1S/C23H30N4O2S2/c1-2-31(28,29)27-11-7-17(8-12-27)21-14-24-22-6-5-18(13-20(21)22)23-25-19(16-30-23)15-26-9-3-4-10-26/h5-6,13-14,16-17,24H,2-4,7-12,15H2,1H3. The van der Waals surface area contributed by atoms with Crippen molar-refractivity contribution < 1.29 is 8.42 Å². The highest BCUT2D eigenvalue weighted by molar-refractivity contribution is 7.89. The Morgan fingerprint density at radius 3 is 2.68 bits per heavy atom. The number of benzene rings is 1. The Labute approximate surface area is 188 Å². The number of aromatic nitrogens is 2. The molecule has 1 N–H and O–H groups in total. The van der Waals surface area contributed by atoms with E-state index in [0.29, 0.717) is 19.0 Å². The van der Waals surface area contributed by atoms with Crippen LogP contribution in [0.15, 0.2) is 29.8 Å². The van der Waals surface area contributed by atoms with Gasteiger partial charge in [-0.25, -0.2) is 17.7 Å². The van der Waals surface area contributed by atoms with Gasteiger partial charge in [0.2, 0.25) is 10.0 Å². The molecular weight excluding hydrogens is 428 g/mol. The normalized spacial score (nSPS) is 19.5. The summed E-state index contributed by atoms with van der Waals surface area (Å²) in [7, 11) is -3.09. The minimum Gasteiger partial charge on any atom is -0.361 e. The molecule has 166 valence electrons. The maximum atomic E-state index is 12.2. The maximum absolute atomic E-state index is 12.2. The molecule has 0 bridgehead atoms. The lowest BCUT2D eigenvalue weighted by atomic mass is 9.89. The number of nitrogens with one attached hydrogen (secondary N) is 1. The Morgan fingerprint density at radius 2 is 1.94 bits per heavy atom. The van der Waals surface area contributed by atoms with Gasteiger partial charge in [0.25, 0.3) is 0 Å². The third-order valence-electron chi connectivity index (χ3n) is 6.75. The van der Waals surface area contributed by atoms with Crippen LogP contribution in [0.2, 0.25) is 0 Å². The molecule has 2 saturated heterocycles. The van der Waals surface area contributed by atoms with Crippen LogP contribution in [0.25, 0.3) is 21.5 Å². The van der Waals surface area contributed by atoms with E-state index in [9.17, 15) is 8.42 Å². The molecular formula is C23H30N4O2S2. The molecule has 31 heavy (non-hydrogen) atoms. The van der Waals surface area contributed by atoms with Crippen molar-refractivity contribution >= 4 is 32.3 Å². The monoisotopic (exact) mass is 458 g/mol. The quantitative estimate of drug-likeness (QED) is 0.594. The number of hydrogen-bond acceptors (Lipinski definition) is 5. The minimum atomic E-state index is -3.09. The van der Waals surface area contributed by atoms with E-state index in [-0.39, 0.29) is 5.75 Å². The van der Waals surface area contributed by atoms with Crippen molar-refractivity contribution in [2.45, 2.75) is 45.1 Å². The van der Waals surface area contributed by atoms with E-state index in [0.717, 1.165) is 35.5 Å². The third kappa shape index (κ3) is 4.31. The van der Waals surface area contributed by atoms with Gasteiger partial charge in [-0.1, -0.05) is 0 Å². The zero-order valence-electron chi connectivity index (χ0n) is 18.0. The average molecular weight is 459 g/mol. The highest BCUT2D eigenvalue weighted by Crippen LogP contribution is 2.36. The zero-order chi connectivity index (χ0) is 21.4. The van der Waals surface area contributed by atoms with Crippen LogP contribution in [0.5, 0.6) is 0 Å². The maximum Gasteiger partial charge on any atom is 0.213 e. The third-order valence-corrected chi connectivity index (χ3v) is 9.57. The first-order valence-electron chi connectivity index (χ1n) is 11.3. The number of likely N-dealkylation sites (tertiary alicyclic amines) is 1. The van der Waals surface area contributed by atoms with Crippen LogP contribution >= 0.6 is 11.3 Å². The van der Waals surface area contributed by atoms with Crippen molar-refractivity contribution in [3.05, 3.63) is 41.0 Å². The van der Waals surface area contributed by atoms with Gasteiger partial charge in [-0.15, -0.1) is 11.3 Å². The van der Waals surface area contributed by atoms with Crippen LogP contribution in [0.3, 0.4) is 0 Å². The van der Waals surface area contributed by atoms with Gasteiger partial charge in [0.1, 0.15) is 5.01 Å². The lowest BCUT2D eigenvalue weighted by Gasteiger charge is -2.30. The van der Waals surface area contributed by atoms with Crippen LogP contribution in [0.1, 0.15) is 49.8 Å².